The van der Waals surface area contributed by atoms with Gasteiger partial charge in [-0.1, -0.05) is 85.6 Å². The molecule has 2 N–H and O–H groups in total. The summed E-state index contributed by atoms with van der Waals surface area (Å²) >= 11 is 1.61. The largest absolute Gasteiger partial charge is 0.366 e. The van der Waals surface area contributed by atoms with Gasteiger partial charge in [-0.2, -0.15) is 0 Å². The lowest BCUT2D eigenvalue weighted by Crippen LogP contribution is -2.37. The topological polar surface area (TPSA) is 58.7 Å². The van der Waals surface area contributed by atoms with Gasteiger partial charge in [-0.3, -0.25) is 4.79 Å². The molecule has 5 heteroatoms. The molecule has 158 valence electrons. The summed E-state index contributed by atoms with van der Waals surface area (Å²) in [4.78, 5) is 19.3. The molecule has 1 unspecified atom stereocenters. The summed E-state index contributed by atoms with van der Waals surface area (Å²) in [6, 6.07) is 18.8. The minimum absolute atomic E-state index is 0.273. The number of aliphatic imine (C=N–C) groups is 1. The SMILES string of the molecule is CC1=C(C(N)=O)C(c2ccccc2)N2C(c3ccc(C4CCCCC4)cc3)=CSC2=N1. The van der Waals surface area contributed by atoms with Crippen molar-refractivity contribution in [1.29, 1.82) is 0 Å². The molecule has 1 saturated carbocycles. The van der Waals surface area contributed by atoms with Crippen molar-refractivity contribution in [2.45, 2.75) is 51.0 Å². The number of hydrogen-bond acceptors (Lipinski definition) is 4. The van der Waals surface area contributed by atoms with Gasteiger partial charge in [0, 0.05) is 5.41 Å². The fourth-order valence-corrected chi connectivity index (χ4v) is 5.99. The third kappa shape index (κ3) is 3.72. The number of amidine groups is 1. The first-order valence-corrected chi connectivity index (χ1v) is 11.9. The Morgan fingerprint density at radius 1 is 1.00 bits per heavy atom. The molecular formula is C26H27N3OS. The second-order valence-corrected chi connectivity index (χ2v) is 9.36. The second kappa shape index (κ2) is 8.39. The van der Waals surface area contributed by atoms with E-state index in [-0.39, 0.29) is 6.04 Å². The average Bonchev–Trinajstić information content (AvgIpc) is 3.22. The van der Waals surface area contributed by atoms with Crippen LogP contribution in [0.3, 0.4) is 0 Å². The first kappa shape index (κ1) is 20.1. The molecule has 2 aliphatic heterocycles. The highest BCUT2D eigenvalue weighted by Crippen LogP contribution is 2.46. The van der Waals surface area contributed by atoms with Crippen molar-refractivity contribution in [2.75, 3.05) is 0 Å². The van der Waals surface area contributed by atoms with Crippen molar-refractivity contribution in [2.24, 2.45) is 10.7 Å². The lowest BCUT2D eigenvalue weighted by atomic mass is 9.84. The van der Waals surface area contributed by atoms with E-state index in [4.69, 9.17) is 10.7 Å². The fourth-order valence-electron chi connectivity index (χ4n) is 5.02. The molecule has 31 heavy (non-hydrogen) atoms. The van der Waals surface area contributed by atoms with E-state index in [1.807, 2.05) is 25.1 Å². The van der Waals surface area contributed by atoms with Crippen LogP contribution in [0.1, 0.15) is 67.7 Å². The summed E-state index contributed by atoms with van der Waals surface area (Å²) < 4.78 is 0. The number of amides is 1. The normalized spacial score (nSPS) is 21.6. The van der Waals surface area contributed by atoms with Crippen LogP contribution in [-0.2, 0) is 4.79 Å². The van der Waals surface area contributed by atoms with Gasteiger partial charge in [-0.05, 0) is 42.4 Å². The number of rotatable bonds is 4. The van der Waals surface area contributed by atoms with E-state index >= 15 is 0 Å². The number of hydrogen-bond donors (Lipinski definition) is 1. The fraction of sp³-hybridized carbons (Fsp3) is 0.308. The van der Waals surface area contributed by atoms with Crippen molar-refractivity contribution < 1.29 is 4.79 Å². The molecule has 3 aliphatic rings. The van der Waals surface area contributed by atoms with Gasteiger partial charge >= 0.3 is 0 Å². The Bertz CT molecular complexity index is 1080. The van der Waals surface area contributed by atoms with Gasteiger partial charge in [0.05, 0.1) is 23.0 Å². The lowest BCUT2D eigenvalue weighted by molar-refractivity contribution is -0.115. The monoisotopic (exact) mass is 429 g/mol. The molecule has 1 amide bonds. The lowest BCUT2D eigenvalue weighted by Gasteiger charge is -2.36. The van der Waals surface area contributed by atoms with Gasteiger partial charge in [0.1, 0.15) is 0 Å². The Morgan fingerprint density at radius 3 is 2.39 bits per heavy atom. The van der Waals surface area contributed by atoms with Crippen molar-refractivity contribution in [3.8, 4) is 0 Å². The Morgan fingerprint density at radius 2 is 1.71 bits per heavy atom. The van der Waals surface area contributed by atoms with Gasteiger partial charge < -0.3 is 10.6 Å². The Kier molecular flexibility index (Phi) is 5.45. The van der Waals surface area contributed by atoms with E-state index in [1.54, 1.807) is 11.8 Å². The van der Waals surface area contributed by atoms with Gasteiger partial charge in [0.2, 0.25) is 5.91 Å². The van der Waals surface area contributed by atoms with E-state index in [0.717, 1.165) is 22.0 Å². The molecule has 0 bridgehead atoms. The Labute approximate surface area is 187 Å². The molecule has 2 aromatic rings. The highest BCUT2D eigenvalue weighted by atomic mass is 32.2. The number of carbonyl (C=O) groups excluding carboxylic acids is 1. The van der Waals surface area contributed by atoms with E-state index < -0.39 is 5.91 Å². The number of nitrogens with zero attached hydrogens (tertiary/aromatic N) is 2. The Balaban J connectivity index is 1.52. The van der Waals surface area contributed by atoms with Crippen molar-refractivity contribution in [3.05, 3.63) is 88.0 Å². The van der Waals surface area contributed by atoms with Crippen LogP contribution in [-0.4, -0.2) is 16.0 Å². The quantitative estimate of drug-likeness (QED) is 0.653. The van der Waals surface area contributed by atoms with Gasteiger partial charge in [0.25, 0.3) is 0 Å². The van der Waals surface area contributed by atoms with E-state index in [9.17, 15) is 4.79 Å². The third-order valence-electron chi connectivity index (χ3n) is 6.59. The Hall–Kier alpha value is -2.79. The number of benzene rings is 2. The average molecular weight is 430 g/mol. The maximum Gasteiger partial charge on any atom is 0.248 e. The number of allylic oxidation sites excluding steroid dienone is 1. The van der Waals surface area contributed by atoms with Crippen LogP contribution < -0.4 is 5.73 Å². The van der Waals surface area contributed by atoms with Gasteiger partial charge in [-0.15, -0.1) is 0 Å². The van der Waals surface area contributed by atoms with Crippen molar-refractivity contribution in [3.63, 3.8) is 0 Å². The highest BCUT2D eigenvalue weighted by Gasteiger charge is 2.39. The maximum absolute atomic E-state index is 12.4. The minimum atomic E-state index is -0.418. The zero-order chi connectivity index (χ0) is 21.4. The van der Waals surface area contributed by atoms with Crippen LogP contribution in [0.25, 0.3) is 5.70 Å². The predicted octanol–water partition coefficient (Wildman–Crippen LogP) is 5.95. The number of primary amides is 1. The first-order chi connectivity index (χ1) is 15.1. The van der Waals surface area contributed by atoms with Crippen LogP contribution in [0.2, 0.25) is 0 Å². The molecule has 0 spiro atoms. The van der Waals surface area contributed by atoms with Gasteiger partial charge in [0.15, 0.2) is 5.17 Å². The number of fused-ring (bicyclic) bond motifs is 1. The third-order valence-corrected chi connectivity index (χ3v) is 7.43. The standard InChI is InChI=1S/C26H27N3OS/c1-17-23(25(27)30)24(21-10-6-3-7-11-21)29-22(16-31-26(29)28-17)20-14-12-19(13-15-20)18-8-4-2-5-9-18/h3,6-7,10-16,18,24H,2,4-5,8-9H2,1H3,(H2,27,30). The molecule has 1 fully saturated rings. The molecule has 0 aromatic heterocycles. The zero-order valence-electron chi connectivity index (χ0n) is 17.8. The van der Waals surface area contributed by atoms with Gasteiger partial charge in [-0.25, -0.2) is 4.99 Å². The molecule has 5 rings (SSSR count). The number of nitrogens with two attached hydrogens (primary N) is 1. The van der Waals surface area contributed by atoms with Crippen LogP contribution in [0.15, 0.2) is 76.3 Å². The zero-order valence-corrected chi connectivity index (χ0v) is 18.6. The molecular weight excluding hydrogens is 402 g/mol. The minimum Gasteiger partial charge on any atom is -0.366 e. The number of carbonyl (C=O) groups is 1. The molecule has 2 aromatic carbocycles. The smallest absolute Gasteiger partial charge is 0.248 e. The van der Waals surface area contributed by atoms with Crippen LogP contribution >= 0.6 is 11.8 Å². The van der Waals surface area contributed by atoms with Crippen LogP contribution in [0.4, 0.5) is 0 Å². The summed E-state index contributed by atoms with van der Waals surface area (Å²) in [6.45, 7) is 1.87. The van der Waals surface area contributed by atoms with Crippen LogP contribution in [0.5, 0.6) is 0 Å². The van der Waals surface area contributed by atoms with E-state index in [0.29, 0.717) is 17.2 Å². The molecule has 1 atom stereocenters. The molecule has 0 saturated heterocycles. The maximum atomic E-state index is 12.4. The van der Waals surface area contributed by atoms with Crippen molar-refractivity contribution in [1.82, 2.24) is 4.90 Å². The molecule has 1 aliphatic carbocycles. The molecule has 2 heterocycles. The van der Waals surface area contributed by atoms with Crippen molar-refractivity contribution >= 4 is 28.5 Å². The predicted molar refractivity (Wildman–Crippen MR) is 128 cm³/mol. The summed E-state index contributed by atoms with van der Waals surface area (Å²) in [7, 11) is 0. The summed E-state index contributed by atoms with van der Waals surface area (Å²) in [5.74, 6) is 0.268. The van der Waals surface area contributed by atoms with E-state index in [1.165, 1.54) is 37.7 Å². The first-order valence-electron chi connectivity index (χ1n) is 11.0. The molecule has 0 radical (unpaired) electrons. The summed E-state index contributed by atoms with van der Waals surface area (Å²) in [6.07, 6.45) is 6.63. The van der Waals surface area contributed by atoms with E-state index in [2.05, 4.69) is 46.7 Å². The number of thioether (sulfide) groups is 1. The van der Waals surface area contributed by atoms with Crippen LogP contribution in [0, 0.1) is 0 Å². The summed E-state index contributed by atoms with van der Waals surface area (Å²) in [5, 5.41) is 3.03. The summed E-state index contributed by atoms with van der Waals surface area (Å²) in [5.41, 5.74) is 11.8. The molecule has 4 nitrogen and oxygen atoms in total. The second-order valence-electron chi connectivity index (χ2n) is 8.52. The highest BCUT2D eigenvalue weighted by molar-refractivity contribution is 8.16.